The lowest BCUT2D eigenvalue weighted by molar-refractivity contribution is -0.122. The minimum absolute atomic E-state index is 0.0273. The Morgan fingerprint density at radius 3 is 2.46 bits per heavy atom. The minimum Gasteiger partial charge on any atom is -0.490 e. The first-order valence-corrected chi connectivity index (χ1v) is 8.59. The number of halogens is 1. The maximum Gasteiger partial charge on any atom is 0.234 e. The summed E-state index contributed by atoms with van der Waals surface area (Å²) in [4.78, 5) is 14.0. The molecular formula is C21H25FN2O2. The van der Waals surface area contributed by atoms with E-state index in [1.807, 2.05) is 36.2 Å². The van der Waals surface area contributed by atoms with E-state index in [1.54, 1.807) is 18.2 Å². The number of nitrogens with one attached hydrogen (secondary N) is 1. The summed E-state index contributed by atoms with van der Waals surface area (Å²) >= 11 is 0. The average Bonchev–Trinajstić information content (AvgIpc) is 2.62. The molecule has 1 amide bonds. The van der Waals surface area contributed by atoms with E-state index in [1.165, 1.54) is 12.1 Å². The van der Waals surface area contributed by atoms with Gasteiger partial charge in [-0.3, -0.25) is 9.69 Å². The number of amides is 1. The first-order valence-electron chi connectivity index (χ1n) is 8.59. The van der Waals surface area contributed by atoms with Gasteiger partial charge in [0.15, 0.2) is 0 Å². The first-order chi connectivity index (χ1) is 12.6. The minimum atomic E-state index is -0.250. The molecule has 2 aromatic carbocycles. The Bertz CT molecular complexity index is 699. The van der Waals surface area contributed by atoms with Gasteiger partial charge in [-0.1, -0.05) is 36.9 Å². The van der Waals surface area contributed by atoms with Gasteiger partial charge in [-0.15, -0.1) is 0 Å². The van der Waals surface area contributed by atoms with Crippen molar-refractivity contribution in [3.63, 3.8) is 0 Å². The van der Waals surface area contributed by atoms with E-state index in [9.17, 15) is 9.18 Å². The summed E-state index contributed by atoms with van der Waals surface area (Å²) in [5, 5.41) is 2.89. The standard InChI is InChI=1S/C21H25FN2O2/c1-3-14-26-20-10-6-18(7-11-20)15-24(2)16-21(25)23-13-12-17-4-8-19(22)9-5-17/h3-11H,1,12-16H2,2H3,(H,23,25). The van der Waals surface area contributed by atoms with Gasteiger partial charge in [0, 0.05) is 13.1 Å². The number of carbonyl (C=O) groups is 1. The van der Waals surface area contributed by atoms with Crippen molar-refractivity contribution in [3.8, 4) is 5.75 Å². The Labute approximate surface area is 154 Å². The third-order valence-electron chi connectivity index (χ3n) is 3.81. The number of ether oxygens (including phenoxy) is 1. The van der Waals surface area contributed by atoms with E-state index < -0.39 is 0 Å². The third-order valence-corrected chi connectivity index (χ3v) is 3.81. The number of rotatable bonds is 10. The molecule has 2 rings (SSSR count). The van der Waals surface area contributed by atoms with Gasteiger partial charge in [0.05, 0.1) is 6.54 Å². The third kappa shape index (κ3) is 7.07. The second-order valence-corrected chi connectivity index (χ2v) is 6.14. The Balaban J connectivity index is 1.69. The monoisotopic (exact) mass is 356 g/mol. The molecule has 0 atom stereocenters. The molecule has 0 radical (unpaired) electrons. The first kappa shape index (κ1) is 19.7. The summed E-state index contributed by atoms with van der Waals surface area (Å²) in [6.45, 7) is 5.63. The van der Waals surface area contributed by atoms with Crippen molar-refractivity contribution in [1.82, 2.24) is 10.2 Å². The van der Waals surface area contributed by atoms with E-state index >= 15 is 0 Å². The summed E-state index contributed by atoms with van der Waals surface area (Å²) in [5.74, 6) is 0.523. The fraction of sp³-hybridized carbons (Fsp3) is 0.286. The van der Waals surface area contributed by atoms with Crippen molar-refractivity contribution in [3.05, 3.63) is 78.1 Å². The van der Waals surface area contributed by atoms with Gasteiger partial charge < -0.3 is 10.1 Å². The van der Waals surface area contributed by atoms with Crippen LogP contribution in [0, 0.1) is 5.82 Å². The molecule has 2 aromatic rings. The number of hydrogen-bond acceptors (Lipinski definition) is 3. The number of benzene rings is 2. The normalized spacial score (nSPS) is 10.6. The Morgan fingerprint density at radius 1 is 1.15 bits per heavy atom. The Morgan fingerprint density at radius 2 is 1.81 bits per heavy atom. The van der Waals surface area contributed by atoms with Crippen molar-refractivity contribution in [1.29, 1.82) is 0 Å². The molecule has 0 unspecified atom stereocenters. The molecule has 4 nitrogen and oxygen atoms in total. The number of likely N-dealkylation sites (N-methyl/N-ethyl adjacent to an activating group) is 1. The molecule has 0 aromatic heterocycles. The van der Waals surface area contributed by atoms with Crippen molar-refractivity contribution in [2.75, 3.05) is 26.7 Å². The lowest BCUT2D eigenvalue weighted by atomic mass is 10.1. The van der Waals surface area contributed by atoms with Crippen LogP contribution in [0.3, 0.4) is 0 Å². The van der Waals surface area contributed by atoms with Crippen LogP contribution in [0.4, 0.5) is 4.39 Å². The van der Waals surface area contributed by atoms with E-state index in [0.29, 0.717) is 32.7 Å². The Kier molecular flexibility index (Phi) is 7.83. The van der Waals surface area contributed by atoms with Crippen molar-refractivity contribution in [2.45, 2.75) is 13.0 Å². The summed E-state index contributed by atoms with van der Waals surface area (Å²) in [5.41, 5.74) is 2.11. The lowest BCUT2D eigenvalue weighted by Crippen LogP contribution is -2.35. The van der Waals surface area contributed by atoms with Crippen LogP contribution in [0.1, 0.15) is 11.1 Å². The highest BCUT2D eigenvalue weighted by molar-refractivity contribution is 5.77. The molecule has 0 spiro atoms. The van der Waals surface area contributed by atoms with Gasteiger partial charge in [-0.05, 0) is 48.9 Å². The molecule has 0 aliphatic heterocycles. The predicted octanol–water partition coefficient (Wildman–Crippen LogP) is 3.18. The molecule has 0 fully saturated rings. The zero-order valence-corrected chi connectivity index (χ0v) is 15.1. The zero-order valence-electron chi connectivity index (χ0n) is 15.1. The molecular weight excluding hydrogens is 331 g/mol. The smallest absolute Gasteiger partial charge is 0.234 e. The number of nitrogens with zero attached hydrogens (tertiary/aromatic N) is 1. The summed E-state index contributed by atoms with van der Waals surface area (Å²) in [6, 6.07) is 14.1. The van der Waals surface area contributed by atoms with Crippen LogP contribution < -0.4 is 10.1 Å². The molecule has 138 valence electrons. The molecule has 26 heavy (non-hydrogen) atoms. The van der Waals surface area contributed by atoms with Crippen LogP contribution in [-0.2, 0) is 17.8 Å². The summed E-state index contributed by atoms with van der Waals surface area (Å²) in [7, 11) is 1.90. The quantitative estimate of drug-likeness (QED) is 0.665. The van der Waals surface area contributed by atoms with Crippen LogP contribution in [0.25, 0.3) is 0 Å². The van der Waals surface area contributed by atoms with Crippen LogP contribution >= 0.6 is 0 Å². The summed E-state index contributed by atoms with van der Waals surface area (Å²) < 4.78 is 18.3. The molecule has 1 N–H and O–H groups in total. The fourth-order valence-electron chi connectivity index (χ4n) is 2.51. The van der Waals surface area contributed by atoms with Crippen LogP contribution in [-0.4, -0.2) is 37.6 Å². The van der Waals surface area contributed by atoms with Crippen LogP contribution in [0.2, 0.25) is 0 Å². The fourth-order valence-corrected chi connectivity index (χ4v) is 2.51. The van der Waals surface area contributed by atoms with Crippen molar-refractivity contribution in [2.24, 2.45) is 0 Å². The second-order valence-electron chi connectivity index (χ2n) is 6.14. The highest BCUT2D eigenvalue weighted by Crippen LogP contribution is 2.13. The predicted molar refractivity (Wildman–Crippen MR) is 102 cm³/mol. The summed E-state index contributed by atoms with van der Waals surface area (Å²) in [6.07, 6.45) is 2.39. The van der Waals surface area contributed by atoms with Crippen molar-refractivity contribution >= 4 is 5.91 Å². The molecule has 0 heterocycles. The highest BCUT2D eigenvalue weighted by atomic mass is 19.1. The van der Waals surface area contributed by atoms with E-state index in [0.717, 1.165) is 16.9 Å². The van der Waals surface area contributed by atoms with Gasteiger partial charge in [0.25, 0.3) is 0 Å². The molecule has 5 heteroatoms. The van der Waals surface area contributed by atoms with Gasteiger partial charge in [0.2, 0.25) is 5.91 Å². The van der Waals surface area contributed by atoms with Gasteiger partial charge in [-0.25, -0.2) is 4.39 Å². The highest BCUT2D eigenvalue weighted by Gasteiger charge is 2.07. The Hall–Kier alpha value is -2.66. The van der Waals surface area contributed by atoms with Gasteiger partial charge in [-0.2, -0.15) is 0 Å². The number of carbonyl (C=O) groups excluding carboxylic acids is 1. The van der Waals surface area contributed by atoms with E-state index in [-0.39, 0.29) is 11.7 Å². The molecule has 0 aliphatic carbocycles. The maximum atomic E-state index is 12.9. The number of hydrogen-bond donors (Lipinski definition) is 1. The van der Waals surface area contributed by atoms with E-state index in [2.05, 4.69) is 11.9 Å². The molecule has 0 saturated carbocycles. The van der Waals surface area contributed by atoms with Crippen LogP contribution in [0.5, 0.6) is 5.75 Å². The SMILES string of the molecule is C=CCOc1ccc(CN(C)CC(=O)NCCc2ccc(F)cc2)cc1. The maximum absolute atomic E-state index is 12.9. The van der Waals surface area contributed by atoms with Gasteiger partial charge >= 0.3 is 0 Å². The topological polar surface area (TPSA) is 41.6 Å². The molecule has 0 saturated heterocycles. The van der Waals surface area contributed by atoms with Crippen molar-refractivity contribution < 1.29 is 13.9 Å². The zero-order chi connectivity index (χ0) is 18.8. The van der Waals surface area contributed by atoms with E-state index in [4.69, 9.17) is 4.74 Å². The molecule has 0 bridgehead atoms. The molecule has 0 aliphatic rings. The lowest BCUT2D eigenvalue weighted by Gasteiger charge is -2.16. The van der Waals surface area contributed by atoms with Gasteiger partial charge in [0.1, 0.15) is 18.2 Å². The average molecular weight is 356 g/mol. The van der Waals surface area contributed by atoms with Crippen LogP contribution in [0.15, 0.2) is 61.2 Å². The largest absolute Gasteiger partial charge is 0.490 e. The second kappa shape index (κ2) is 10.4.